The number of hydrogen-bond donors (Lipinski definition) is 1. The second-order valence-corrected chi connectivity index (χ2v) is 4.31. The number of pyridine rings is 1. The SMILES string of the molecule is Cc1csc(NCc2cnccc2C)n1. The molecule has 15 heavy (non-hydrogen) atoms. The molecule has 78 valence electrons. The molecule has 2 aromatic rings. The van der Waals surface area contributed by atoms with E-state index in [1.54, 1.807) is 11.3 Å². The molecule has 0 amide bonds. The molecule has 0 aromatic carbocycles. The summed E-state index contributed by atoms with van der Waals surface area (Å²) in [5.41, 5.74) is 3.53. The van der Waals surface area contributed by atoms with Crippen LogP contribution in [0.5, 0.6) is 0 Å². The predicted molar refractivity (Wildman–Crippen MR) is 63.2 cm³/mol. The van der Waals surface area contributed by atoms with Gasteiger partial charge in [0, 0.05) is 24.3 Å². The lowest BCUT2D eigenvalue weighted by molar-refractivity contribution is 1.07. The van der Waals surface area contributed by atoms with Gasteiger partial charge in [-0.1, -0.05) is 0 Å². The van der Waals surface area contributed by atoms with Gasteiger partial charge in [0.1, 0.15) is 0 Å². The summed E-state index contributed by atoms with van der Waals surface area (Å²) in [5, 5.41) is 6.30. The lowest BCUT2D eigenvalue weighted by Gasteiger charge is -2.05. The van der Waals surface area contributed by atoms with Gasteiger partial charge in [0.25, 0.3) is 0 Å². The molecule has 0 fully saturated rings. The van der Waals surface area contributed by atoms with Crippen molar-refractivity contribution in [2.75, 3.05) is 5.32 Å². The quantitative estimate of drug-likeness (QED) is 0.862. The number of anilines is 1. The summed E-state index contributed by atoms with van der Waals surface area (Å²) in [6.45, 7) is 4.87. The number of aromatic nitrogens is 2. The summed E-state index contributed by atoms with van der Waals surface area (Å²) >= 11 is 1.63. The Bertz CT molecular complexity index is 451. The van der Waals surface area contributed by atoms with E-state index in [-0.39, 0.29) is 0 Å². The maximum absolute atomic E-state index is 4.34. The Labute approximate surface area is 93.2 Å². The van der Waals surface area contributed by atoms with Crippen LogP contribution in [0.1, 0.15) is 16.8 Å². The zero-order chi connectivity index (χ0) is 10.7. The highest BCUT2D eigenvalue weighted by Gasteiger charge is 2.00. The van der Waals surface area contributed by atoms with E-state index in [1.165, 1.54) is 11.1 Å². The highest BCUT2D eigenvalue weighted by Crippen LogP contribution is 2.16. The molecule has 1 N–H and O–H groups in total. The molecule has 0 unspecified atom stereocenters. The van der Waals surface area contributed by atoms with Gasteiger partial charge in [-0.2, -0.15) is 0 Å². The minimum Gasteiger partial charge on any atom is -0.357 e. The Hall–Kier alpha value is -1.42. The molecule has 0 saturated carbocycles. The van der Waals surface area contributed by atoms with Crippen LogP contribution < -0.4 is 5.32 Å². The van der Waals surface area contributed by atoms with E-state index in [4.69, 9.17) is 0 Å². The third-order valence-corrected chi connectivity index (χ3v) is 3.11. The fourth-order valence-electron chi connectivity index (χ4n) is 1.29. The topological polar surface area (TPSA) is 37.8 Å². The molecule has 0 atom stereocenters. The van der Waals surface area contributed by atoms with E-state index in [0.29, 0.717) is 0 Å². The van der Waals surface area contributed by atoms with Crippen LogP contribution >= 0.6 is 11.3 Å². The van der Waals surface area contributed by atoms with Crippen LogP contribution in [0.2, 0.25) is 0 Å². The van der Waals surface area contributed by atoms with Gasteiger partial charge in [0.15, 0.2) is 5.13 Å². The maximum atomic E-state index is 4.34. The molecule has 2 aromatic heterocycles. The van der Waals surface area contributed by atoms with Crippen molar-refractivity contribution in [3.05, 3.63) is 40.7 Å². The molecule has 0 radical (unpaired) electrons. The van der Waals surface area contributed by atoms with Crippen molar-refractivity contribution in [1.29, 1.82) is 0 Å². The van der Waals surface area contributed by atoms with E-state index in [1.807, 2.05) is 30.8 Å². The molecule has 4 heteroatoms. The Morgan fingerprint density at radius 1 is 1.40 bits per heavy atom. The summed E-state index contributed by atoms with van der Waals surface area (Å²) in [7, 11) is 0. The highest BCUT2D eigenvalue weighted by molar-refractivity contribution is 7.13. The molecule has 3 nitrogen and oxygen atoms in total. The van der Waals surface area contributed by atoms with Gasteiger partial charge >= 0.3 is 0 Å². The van der Waals surface area contributed by atoms with Gasteiger partial charge in [-0.05, 0) is 31.0 Å². The molecule has 2 rings (SSSR count). The van der Waals surface area contributed by atoms with Crippen molar-refractivity contribution in [2.45, 2.75) is 20.4 Å². The van der Waals surface area contributed by atoms with E-state index in [2.05, 4.69) is 22.2 Å². The van der Waals surface area contributed by atoms with Crippen molar-refractivity contribution in [3.63, 3.8) is 0 Å². The van der Waals surface area contributed by atoms with Gasteiger partial charge in [0.2, 0.25) is 0 Å². The van der Waals surface area contributed by atoms with Gasteiger partial charge in [-0.25, -0.2) is 4.98 Å². The van der Waals surface area contributed by atoms with E-state index >= 15 is 0 Å². The molecular formula is C11H13N3S. The average Bonchev–Trinajstić information content (AvgIpc) is 2.63. The van der Waals surface area contributed by atoms with Crippen LogP contribution in [0.4, 0.5) is 5.13 Å². The average molecular weight is 219 g/mol. The standard InChI is InChI=1S/C11H13N3S/c1-8-3-4-12-5-10(8)6-13-11-14-9(2)7-15-11/h3-5,7H,6H2,1-2H3,(H,13,14). The number of hydrogen-bond acceptors (Lipinski definition) is 4. The summed E-state index contributed by atoms with van der Waals surface area (Å²) in [6.07, 6.45) is 3.70. The van der Waals surface area contributed by atoms with Crippen molar-refractivity contribution in [3.8, 4) is 0 Å². The minimum atomic E-state index is 0.784. The second kappa shape index (κ2) is 4.40. The predicted octanol–water partition coefficient (Wildman–Crippen LogP) is 2.77. The van der Waals surface area contributed by atoms with Gasteiger partial charge in [-0.15, -0.1) is 11.3 Å². The first kappa shape index (κ1) is 10.1. The van der Waals surface area contributed by atoms with Crippen molar-refractivity contribution >= 4 is 16.5 Å². The fraction of sp³-hybridized carbons (Fsp3) is 0.273. The number of aryl methyl sites for hydroxylation is 2. The lowest BCUT2D eigenvalue weighted by atomic mass is 10.2. The van der Waals surface area contributed by atoms with Crippen LogP contribution in [0.15, 0.2) is 23.8 Å². The second-order valence-electron chi connectivity index (χ2n) is 3.45. The van der Waals surface area contributed by atoms with Crippen molar-refractivity contribution in [1.82, 2.24) is 9.97 Å². The fourth-order valence-corrected chi connectivity index (χ4v) is 1.97. The minimum absolute atomic E-state index is 0.784. The number of nitrogens with zero attached hydrogens (tertiary/aromatic N) is 2. The molecule has 0 bridgehead atoms. The van der Waals surface area contributed by atoms with Crippen LogP contribution in [0.3, 0.4) is 0 Å². The smallest absolute Gasteiger partial charge is 0.183 e. The first-order valence-electron chi connectivity index (χ1n) is 4.81. The molecule has 0 saturated heterocycles. The summed E-state index contributed by atoms with van der Waals surface area (Å²) in [4.78, 5) is 8.45. The van der Waals surface area contributed by atoms with Crippen molar-refractivity contribution in [2.24, 2.45) is 0 Å². The number of thiazole rings is 1. The van der Waals surface area contributed by atoms with Gasteiger partial charge in [0.05, 0.1) is 5.69 Å². The zero-order valence-corrected chi connectivity index (χ0v) is 9.64. The summed E-state index contributed by atoms with van der Waals surface area (Å²) in [5.74, 6) is 0. The van der Waals surface area contributed by atoms with Crippen LogP contribution in [0, 0.1) is 13.8 Å². The molecular weight excluding hydrogens is 206 g/mol. The highest BCUT2D eigenvalue weighted by atomic mass is 32.1. The van der Waals surface area contributed by atoms with Crippen LogP contribution in [-0.4, -0.2) is 9.97 Å². The third-order valence-electron chi connectivity index (χ3n) is 2.20. The molecule has 2 heterocycles. The van der Waals surface area contributed by atoms with Crippen molar-refractivity contribution < 1.29 is 0 Å². The lowest BCUT2D eigenvalue weighted by Crippen LogP contribution is -2.01. The van der Waals surface area contributed by atoms with Gasteiger partial charge < -0.3 is 5.32 Å². The normalized spacial score (nSPS) is 10.3. The maximum Gasteiger partial charge on any atom is 0.183 e. The Balaban J connectivity index is 2.02. The molecule has 0 aliphatic carbocycles. The van der Waals surface area contributed by atoms with Crippen LogP contribution in [0.25, 0.3) is 0 Å². The molecule has 0 spiro atoms. The Morgan fingerprint density at radius 2 is 2.27 bits per heavy atom. The van der Waals surface area contributed by atoms with E-state index < -0.39 is 0 Å². The zero-order valence-electron chi connectivity index (χ0n) is 8.82. The Kier molecular flexibility index (Phi) is 2.97. The summed E-state index contributed by atoms with van der Waals surface area (Å²) in [6, 6.07) is 2.02. The third kappa shape index (κ3) is 2.53. The molecule has 0 aliphatic rings. The largest absolute Gasteiger partial charge is 0.357 e. The van der Waals surface area contributed by atoms with E-state index in [0.717, 1.165) is 17.4 Å². The number of rotatable bonds is 3. The summed E-state index contributed by atoms with van der Waals surface area (Å²) < 4.78 is 0. The first-order valence-corrected chi connectivity index (χ1v) is 5.69. The number of nitrogens with one attached hydrogen (secondary N) is 1. The molecule has 0 aliphatic heterocycles. The van der Waals surface area contributed by atoms with Gasteiger partial charge in [-0.3, -0.25) is 4.98 Å². The first-order chi connectivity index (χ1) is 7.25. The Morgan fingerprint density at radius 3 is 2.93 bits per heavy atom. The monoisotopic (exact) mass is 219 g/mol. The van der Waals surface area contributed by atoms with E-state index in [9.17, 15) is 0 Å². The van der Waals surface area contributed by atoms with Crippen LogP contribution in [-0.2, 0) is 6.54 Å².